The summed E-state index contributed by atoms with van der Waals surface area (Å²) in [5.41, 5.74) is 2.20. The number of methoxy groups -OCH3 is 1. The molecule has 1 heteroatoms. The Labute approximate surface area is 122 Å². The van der Waals surface area contributed by atoms with Crippen molar-refractivity contribution in [3.8, 4) is 0 Å². The van der Waals surface area contributed by atoms with Crippen LogP contribution in [0.25, 0.3) is 0 Å². The molecule has 0 amide bonds. The smallest absolute Gasteiger partial charge is 0.118 e. The Morgan fingerprint density at radius 1 is 0.750 bits per heavy atom. The lowest BCUT2D eigenvalue weighted by atomic mass is 9.74. The van der Waals surface area contributed by atoms with Crippen LogP contribution in [0.5, 0.6) is 0 Å². The molecule has 0 N–H and O–H groups in total. The molecule has 0 aromatic heterocycles. The van der Waals surface area contributed by atoms with E-state index in [9.17, 15) is 0 Å². The third kappa shape index (κ3) is 3.10. The van der Waals surface area contributed by atoms with Gasteiger partial charge in [-0.1, -0.05) is 81.4 Å². The van der Waals surface area contributed by atoms with E-state index in [0.29, 0.717) is 0 Å². The van der Waals surface area contributed by atoms with Crippen molar-refractivity contribution in [3.63, 3.8) is 0 Å². The molecule has 0 atom stereocenters. The maximum absolute atomic E-state index is 6.09. The zero-order chi connectivity index (χ0) is 14.6. The highest BCUT2D eigenvalue weighted by Crippen LogP contribution is 2.42. The van der Waals surface area contributed by atoms with Gasteiger partial charge in [-0.15, -0.1) is 0 Å². The number of benzene rings is 2. The molecule has 1 nitrogen and oxygen atoms in total. The average Bonchev–Trinajstić information content (AvgIpc) is 2.46. The third-order valence-electron chi connectivity index (χ3n) is 3.61. The fourth-order valence-corrected chi connectivity index (χ4v) is 2.84. The number of rotatable bonds is 4. The molecule has 0 fully saturated rings. The van der Waals surface area contributed by atoms with Gasteiger partial charge in [0.05, 0.1) is 0 Å². The molecule has 0 aliphatic carbocycles. The van der Waals surface area contributed by atoms with Crippen LogP contribution in [0.4, 0.5) is 0 Å². The normalized spacial score (nSPS) is 12.4. The summed E-state index contributed by atoms with van der Waals surface area (Å²) in [6, 6.07) is 21.0. The molecule has 2 rings (SSSR count). The van der Waals surface area contributed by atoms with Crippen LogP contribution < -0.4 is 0 Å². The van der Waals surface area contributed by atoms with Crippen LogP contribution in [0.15, 0.2) is 60.7 Å². The highest BCUT2D eigenvalue weighted by molar-refractivity contribution is 5.36. The van der Waals surface area contributed by atoms with Crippen molar-refractivity contribution in [2.45, 2.75) is 32.8 Å². The Kier molecular flexibility index (Phi) is 4.29. The van der Waals surface area contributed by atoms with Crippen molar-refractivity contribution >= 4 is 0 Å². The summed E-state index contributed by atoms with van der Waals surface area (Å²) in [6.45, 7) is 6.77. The van der Waals surface area contributed by atoms with E-state index in [-0.39, 0.29) is 11.0 Å². The van der Waals surface area contributed by atoms with E-state index >= 15 is 0 Å². The highest BCUT2D eigenvalue weighted by Gasteiger charge is 2.37. The minimum atomic E-state index is -0.388. The first-order valence-corrected chi connectivity index (χ1v) is 7.14. The van der Waals surface area contributed by atoms with Gasteiger partial charge in [0.25, 0.3) is 0 Å². The fraction of sp³-hybridized carbons (Fsp3) is 0.368. The van der Waals surface area contributed by atoms with Crippen molar-refractivity contribution in [1.29, 1.82) is 0 Å². The summed E-state index contributed by atoms with van der Waals surface area (Å²) in [7, 11) is 1.81. The molecular formula is C19H24O. The predicted molar refractivity (Wildman–Crippen MR) is 84.7 cm³/mol. The standard InChI is InChI=1S/C19H24O/c1-18(2,3)15-19(20-4,16-11-7-5-8-12-16)17-13-9-6-10-14-17/h5-14H,15H2,1-4H3. The molecule has 0 unspecified atom stereocenters. The van der Waals surface area contributed by atoms with E-state index in [0.717, 1.165) is 6.42 Å². The Morgan fingerprint density at radius 3 is 1.45 bits per heavy atom. The third-order valence-corrected chi connectivity index (χ3v) is 3.61. The molecule has 106 valence electrons. The van der Waals surface area contributed by atoms with E-state index in [1.54, 1.807) is 0 Å². The van der Waals surface area contributed by atoms with E-state index in [2.05, 4.69) is 69.3 Å². The molecule has 0 aliphatic heterocycles. The summed E-state index contributed by atoms with van der Waals surface area (Å²) in [5.74, 6) is 0. The number of ether oxygens (including phenoxy) is 1. The lowest BCUT2D eigenvalue weighted by molar-refractivity contribution is -0.0110. The summed E-state index contributed by atoms with van der Waals surface area (Å²) < 4.78 is 6.09. The summed E-state index contributed by atoms with van der Waals surface area (Å²) in [4.78, 5) is 0. The highest BCUT2D eigenvalue weighted by atomic mass is 16.5. The quantitative estimate of drug-likeness (QED) is 0.757. The predicted octanol–water partition coefficient (Wildman–Crippen LogP) is 5.01. The van der Waals surface area contributed by atoms with Crippen LogP contribution in [0.3, 0.4) is 0 Å². The molecule has 20 heavy (non-hydrogen) atoms. The summed E-state index contributed by atoms with van der Waals surface area (Å²) in [6.07, 6.45) is 0.935. The minimum absolute atomic E-state index is 0.168. The van der Waals surface area contributed by atoms with E-state index in [1.807, 2.05) is 19.2 Å². The van der Waals surface area contributed by atoms with Crippen molar-refractivity contribution < 1.29 is 4.74 Å². The van der Waals surface area contributed by atoms with Gasteiger partial charge in [-0.25, -0.2) is 0 Å². The molecular weight excluding hydrogens is 244 g/mol. The molecule has 0 saturated carbocycles. The minimum Gasteiger partial charge on any atom is -0.369 e. The van der Waals surface area contributed by atoms with Gasteiger partial charge in [-0.2, -0.15) is 0 Å². The largest absolute Gasteiger partial charge is 0.369 e. The average molecular weight is 268 g/mol. The second-order valence-corrected chi connectivity index (χ2v) is 6.50. The van der Waals surface area contributed by atoms with E-state index < -0.39 is 0 Å². The first-order chi connectivity index (χ1) is 9.48. The second kappa shape index (κ2) is 5.80. The first kappa shape index (κ1) is 14.8. The molecule has 2 aromatic rings. The van der Waals surface area contributed by atoms with Crippen LogP contribution in [-0.2, 0) is 10.3 Å². The maximum Gasteiger partial charge on any atom is 0.118 e. The van der Waals surface area contributed by atoms with E-state index in [4.69, 9.17) is 4.74 Å². The molecule has 0 bridgehead atoms. The lowest BCUT2D eigenvalue weighted by Crippen LogP contribution is -2.34. The SMILES string of the molecule is COC(CC(C)(C)C)(c1ccccc1)c1ccccc1. The van der Waals surface area contributed by atoms with Gasteiger partial charge in [0.2, 0.25) is 0 Å². The summed E-state index contributed by atoms with van der Waals surface area (Å²) >= 11 is 0. The Morgan fingerprint density at radius 2 is 1.15 bits per heavy atom. The monoisotopic (exact) mass is 268 g/mol. The first-order valence-electron chi connectivity index (χ1n) is 7.14. The maximum atomic E-state index is 6.09. The molecule has 0 spiro atoms. The van der Waals surface area contributed by atoms with Gasteiger partial charge in [0.1, 0.15) is 5.60 Å². The van der Waals surface area contributed by atoms with Crippen molar-refractivity contribution in [2.75, 3.05) is 7.11 Å². The van der Waals surface area contributed by atoms with Gasteiger partial charge in [0, 0.05) is 7.11 Å². The van der Waals surface area contributed by atoms with Gasteiger partial charge in [0.15, 0.2) is 0 Å². The van der Waals surface area contributed by atoms with Gasteiger partial charge in [-0.3, -0.25) is 0 Å². The van der Waals surface area contributed by atoms with Crippen molar-refractivity contribution in [1.82, 2.24) is 0 Å². The van der Waals surface area contributed by atoms with Gasteiger partial charge in [-0.05, 0) is 23.0 Å². The number of hydrogen-bond acceptors (Lipinski definition) is 1. The Hall–Kier alpha value is -1.60. The van der Waals surface area contributed by atoms with Gasteiger partial charge < -0.3 is 4.74 Å². The van der Waals surface area contributed by atoms with Crippen molar-refractivity contribution in [2.24, 2.45) is 5.41 Å². The van der Waals surface area contributed by atoms with Crippen LogP contribution in [0.1, 0.15) is 38.3 Å². The molecule has 0 radical (unpaired) electrons. The van der Waals surface area contributed by atoms with Crippen LogP contribution in [0, 0.1) is 5.41 Å². The Bertz CT molecular complexity index is 483. The number of hydrogen-bond donors (Lipinski definition) is 0. The summed E-state index contributed by atoms with van der Waals surface area (Å²) in [5, 5.41) is 0. The molecule has 0 saturated heterocycles. The van der Waals surface area contributed by atoms with Crippen LogP contribution in [0.2, 0.25) is 0 Å². The molecule has 0 aliphatic rings. The second-order valence-electron chi connectivity index (χ2n) is 6.50. The van der Waals surface area contributed by atoms with E-state index in [1.165, 1.54) is 11.1 Å². The molecule has 2 aromatic carbocycles. The molecule has 0 heterocycles. The van der Waals surface area contributed by atoms with Crippen LogP contribution >= 0.6 is 0 Å². The zero-order valence-electron chi connectivity index (χ0n) is 12.9. The topological polar surface area (TPSA) is 9.23 Å². The zero-order valence-corrected chi connectivity index (χ0v) is 12.9. The van der Waals surface area contributed by atoms with Crippen molar-refractivity contribution in [3.05, 3.63) is 71.8 Å². The van der Waals surface area contributed by atoms with Crippen LogP contribution in [-0.4, -0.2) is 7.11 Å². The lowest BCUT2D eigenvalue weighted by Gasteiger charge is -2.38. The van der Waals surface area contributed by atoms with Gasteiger partial charge >= 0.3 is 0 Å². The Balaban J connectivity index is 2.58. The fourth-order valence-electron chi connectivity index (χ4n) is 2.84.